The second kappa shape index (κ2) is 8.23. The van der Waals surface area contributed by atoms with Gasteiger partial charge in [-0.25, -0.2) is 17.5 Å². The van der Waals surface area contributed by atoms with E-state index in [1.165, 1.54) is 11.9 Å². The summed E-state index contributed by atoms with van der Waals surface area (Å²) in [6.07, 6.45) is 0.247. The van der Waals surface area contributed by atoms with Crippen molar-refractivity contribution in [2.24, 2.45) is 0 Å². The van der Waals surface area contributed by atoms with Crippen LogP contribution >= 0.6 is 0 Å². The minimum atomic E-state index is -3.44. The maximum Gasteiger partial charge on any atom is 0.407 e. The Balaban J connectivity index is 1.79. The molecule has 1 saturated heterocycles. The van der Waals surface area contributed by atoms with E-state index in [0.29, 0.717) is 6.42 Å². The van der Waals surface area contributed by atoms with Gasteiger partial charge in [-0.2, -0.15) is 5.10 Å². The van der Waals surface area contributed by atoms with Crippen LogP contribution in [0, 0.1) is 0 Å². The molecule has 0 aliphatic carbocycles. The number of amides is 2. The Kier molecular flexibility index (Phi) is 6.04. The van der Waals surface area contributed by atoms with Gasteiger partial charge in [-0.3, -0.25) is 9.48 Å². The van der Waals surface area contributed by atoms with Gasteiger partial charge < -0.3 is 15.3 Å². The molecule has 11 heteroatoms. The van der Waals surface area contributed by atoms with E-state index in [0.717, 1.165) is 21.5 Å². The number of carbonyl (C=O) groups excluding carboxylic acids is 1. The second-order valence-electron chi connectivity index (χ2n) is 7.94. The Morgan fingerprint density at radius 3 is 2.60 bits per heavy atom. The molecule has 10 nitrogen and oxygen atoms in total. The number of hydrogen-bond acceptors (Lipinski definition) is 5. The molecule has 1 fully saturated rings. The molecule has 1 aliphatic heterocycles. The van der Waals surface area contributed by atoms with Crippen LogP contribution in [0.4, 0.5) is 4.79 Å². The number of carbonyl (C=O) groups is 2. The van der Waals surface area contributed by atoms with Crippen molar-refractivity contribution in [2.75, 3.05) is 26.4 Å². The zero-order valence-electron chi connectivity index (χ0n) is 17.4. The number of rotatable bonds is 6. The lowest BCUT2D eigenvalue weighted by Gasteiger charge is -2.25. The van der Waals surface area contributed by atoms with Gasteiger partial charge in [-0.05, 0) is 26.3 Å². The Labute approximate surface area is 175 Å². The summed E-state index contributed by atoms with van der Waals surface area (Å²) in [4.78, 5) is 25.8. The predicted octanol–water partition coefficient (Wildman–Crippen LogP) is 1.36. The molecule has 30 heavy (non-hydrogen) atoms. The third-order valence-corrected chi connectivity index (χ3v) is 6.63. The summed E-state index contributed by atoms with van der Waals surface area (Å²) in [5, 5.41) is 17.6. The van der Waals surface area contributed by atoms with Crippen molar-refractivity contribution in [3.8, 4) is 0 Å². The van der Waals surface area contributed by atoms with Gasteiger partial charge in [0.2, 0.25) is 10.0 Å². The smallest absolute Gasteiger partial charge is 0.407 e. The van der Waals surface area contributed by atoms with E-state index >= 15 is 0 Å². The summed E-state index contributed by atoms with van der Waals surface area (Å²) in [5.74, 6) is -0.377. The molecule has 0 unspecified atom stereocenters. The summed E-state index contributed by atoms with van der Waals surface area (Å²) in [6.45, 7) is 4.08. The first-order valence-electron chi connectivity index (χ1n) is 9.68. The molecule has 2 N–H and O–H groups in total. The van der Waals surface area contributed by atoms with E-state index in [-0.39, 0.29) is 30.7 Å². The van der Waals surface area contributed by atoms with Crippen molar-refractivity contribution in [1.29, 1.82) is 0 Å². The number of hydrogen-bond donors (Lipinski definition) is 2. The fraction of sp³-hybridized carbons (Fsp3) is 0.526. The number of aromatic nitrogens is 2. The van der Waals surface area contributed by atoms with Gasteiger partial charge in [0, 0.05) is 37.6 Å². The molecular formula is C19H27N5O5S. The number of likely N-dealkylation sites (N-methyl/N-ethyl adjacent to an activating group) is 1. The molecule has 0 radical (unpaired) electrons. The lowest BCUT2D eigenvalue weighted by molar-refractivity contribution is 0.0931. The second-order valence-corrected chi connectivity index (χ2v) is 10.0. The number of nitrogens with zero attached hydrogens (tertiary/aromatic N) is 4. The van der Waals surface area contributed by atoms with Crippen LogP contribution in [0.15, 0.2) is 24.3 Å². The van der Waals surface area contributed by atoms with Crippen molar-refractivity contribution < 1.29 is 23.1 Å². The summed E-state index contributed by atoms with van der Waals surface area (Å²) in [5.41, 5.74) is 1.14. The normalized spacial score (nSPS) is 19.7. The van der Waals surface area contributed by atoms with Crippen LogP contribution in [0.3, 0.4) is 0 Å². The van der Waals surface area contributed by atoms with E-state index < -0.39 is 28.2 Å². The SMILES string of the molecule is CC(C)n1nc(C(=O)N[C@H]2C[C@@H](CN(C)S(C)(=O)=O)N(C(=O)O)C2)c2ccccc21. The highest BCUT2D eigenvalue weighted by atomic mass is 32.2. The molecule has 0 spiro atoms. The predicted molar refractivity (Wildman–Crippen MR) is 112 cm³/mol. The minimum absolute atomic E-state index is 0.0302. The van der Waals surface area contributed by atoms with Crippen LogP contribution in [0.25, 0.3) is 10.9 Å². The van der Waals surface area contributed by atoms with Crippen LogP contribution in [-0.4, -0.2) is 83.0 Å². The molecule has 1 aliphatic rings. The number of para-hydroxylation sites is 1. The van der Waals surface area contributed by atoms with Gasteiger partial charge in [0.05, 0.1) is 17.8 Å². The molecule has 1 aromatic heterocycles. The Bertz CT molecular complexity index is 1060. The Morgan fingerprint density at radius 2 is 2.00 bits per heavy atom. The van der Waals surface area contributed by atoms with E-state index in [1.807, 2.05) is 38.1 Å². The average Bonchev–Trinajstić information content (AvgIpc) is 3.22. The zero-order valence-corrected chi connectivity index (χ0v) is 18.3. The molecule has 3 rings (SSSR count). The number of nitrogens with one attached hydrogen (secondary N) is 1. The van der Waals surface area contributed by atoms with Gasteiger partial charge in [-0.15, -0.1) is 0 Å². The van der Waals surface area contributed by atoms with Gasteiger partial charge in [0.25, 0.3) is 5.91 Å². The summed E-state index contributed by atoms with van der Waals surface area (Å²) in [7, 11) is -2.03. The van der Waals surface area contributed by atoms with Crippen LogP contribution in [0.5, 0.6) is 0 Å². The summed E-state index contributed by atoms with van der Waals surface area (Å²) >= 11 is 0. The Morgan fingerprint density at radius 1 is 1.33 bits per heavy atom. The molecular weight excluding hydrogens is 410 g/mol. The lowest BCUT2D eigenvalue weighted by atomic mass is 10.1. The molecule has 2 aromatic rings. The molecule has 0 saturated carbocycles. The fourth-order valence-electron chi connectivity index (χ4n) is 3.77. The lowest BCUT2D eigenvalue weighted by Crippen LogP contribution is -2.43. The van der Waals surface area contributed by atoms with E-state index in [2.05, 4.69) is 10.4 Å². The van der Waals surface area contributed by atoms with Gasteiger partial charge in [-0.1, -0.05) is 18.2 Å². The highest BCUT2D eigenvalue weighted by molar-refractivity contribution is 7.88. The van der Waals surface area contributed by atoms with E-state index in [9.17, 15) is 23.1 Å². The highest BCUT2D eigenvalue weighted by Gasteiger charge is 2.38. The molecule has 1 aromatic carbocycles. The topological polar surface area (TPSA) is 125 Å². The summed E-state index contributed by atoms with van der Waals surface area (Å²) < 4.78 is 26.3. The van der Waals surface area contributed by atoms with Crippen molar-refractivity contribution in [1.82, 2.24) is 24.3 Å². The fourth-order valence-corrected chi connectivity index (χ4v) is 4.21. The molecule has 164 valence electrons. The molecule has 2 atom stereocenters. The first-order valence-corrected chi connectivity index (χ1v) is 11.5. The number of carboxylic acid groups (broad SMARTS) is 1. The van der Waals surface area contributed by atoms with Crippen molar-refractivity contribution in [3.63, 3.8) is 0 Å². The first kappa shape index (κ1) is 22.0. The average molecular weight is 438 g/mol. The Hall–Kier alpha value is -2.66. The van der Waals surface area contributed by atoms with Crippen LogP contribution in [-0.2, 0) is 10.0 Å². The number of sulfonamides is 1. The number of benzene rings is 1. The third-order valence-electron chi connectivity index (χ3n) is 5.35. The van der Waals surface area contributed by atoms with Gasteiger partial charge >= 0.3 is 6.09 Å². The van der Waals surface area contributed by atoms with Crippen molar-refractivity contribution >= 4 is 32.9 Å². The van der Waals surface area contributed by atoms with Crippen molar-refractivity contribution in [2.45, 2.75) is 38.4 Å². The quantitative estimate of drug-likeness (QED) is 0.703. The minimum Gasteiger partial charge on any atom is -0.465 e. The van der Waals surface area contributed by atoms with Crippen LogP contribution in [0.1, 0.15) is 36.8 Å². The van der Waals surface area contributed by atoms with E-state index in [4.69, 9.17) is 0 Å². The van der Waals surface area contributed by atoms with Gasteiger partial charge in [0.15, 0.2) is 5.69 Å². The molecule has 2 amide bonds. The molecule has 0 bridgehead atoms. The van der Waals surface area contributed by atoms with Crippen LogP contribution < -0.4 is 5.32 Å². The maximum atomic E-state index is 13.0. The van der Waals surface area contributed by atoms with Gasteiger partial charge in [0.1, 0.15) is 0 Å². The monoisotopic (exact) mass is 437 g/mol. The molecule has 2 heterocycles. The zero-order chi connectivity index (χ0) is 22.2. The number of fused-ring (bicyclic) bond motifs is 1. The third kappa shape index (κ3) is 4.41. The van der Waals surface area contributed by atoms with Crippen molar-refractivity contribution in [3.05, 3.63) is 30.0 Å². The first-order chi connectivity index (χ1) is 14.0. The summed E-state index contributed by atoms with van der Waals surface area (Å²) in [6, 6.07) is 6.54. The number of likely N-dealkylation sites (tertiary alicyclic amines) is 1. The largest absolute Gasteiger partial charge is 0.465 e. The maximum absolute atomic E-state index is 13.0. The van der Waals surface area contributed by atoms with Crippen LogP contribution in [0.2, 0.25) is 0 Å². The standard InChI is InChI=1S/C19H27N5O5S/c1-12(2)24-16-8-6-5-7-15(16)17(21-24)18(25)20-13-9-14(23(10-13)19(26)27)11-22(3)30(4,28)29/h5-8,12-14H,9-11H2,1-4H3,(H,20,25)(H,26,27)/t13-,14-/m0/s1. The highest BCUT2D eigenvalue weighted by Crippen LogP contribution is 2.23. The van der Waals surface area contributed by atoms with E-state index in [1.54, 1.807) is 4.68 Å².